The molecule has 0 atom stereocenters. The van der Waals surface area contributed by atoms with Gasteiger partial charge in [0.2, 0.25) is 0 Å². The molecule has 2 rings (SSSR count). The largest absolute Gasteiger partial charge is 0.344 e. The van der Waals surface area contributed by atoms with Crippen LogP contribution in [0.5, 0.6) is 0 Å². The molecule has 0 saturated heterocycles. The molecule has 56 valence electrons. The summed E-state index contributed by atoms with van der Waals surface area (Å²) >= 11 is 0. The summed E-state index contributed by atoms with van der Waals surface area (Å²) in [6.07, 6.45) is 1.74. The number of H-pyrrole nitrogens is 1. The van der Waals surface area contributed by atoms with E-state index in [9.17, 15) is 0 Å². The van der Waals surface area contributed by atoms with Gasteiger partial charge in [-0.25, -0.2) is 4.98 Å². The smallest absolute Gasteiger partial charge is 0.0932 e. The summed E-state index contributed by atoms with van der Waals surface area (Å²) in [5.74, 6) is 0. The Morgan fingerprint density at radius 1 is 1.18 bits per heavy atom. The minimum absolute atomic E-state index is 1.09. The van der Waals surface area contributed by atoms with Gasteiger partial charge in [-0.2, -0.15) is 0 Å². The third-order valence-corrected chi connectivity index (χ3v) is 1.99. The number of aromatic nitrogens is 2. The molecule has 0 aliphatic carbocycles. The van der Waals surface area contributed by atoms with Crippen LogP contribution in [0.2, 0.25) is 0 Å². The molecule has 1 aromatic carbocycles. The lowest BCUT2D eigenvalue weighted by atomic mass is 10.1. The Kier molecular flexibility index (Phi) is 1.22. The average molecular weight is 146 g/mol. The number of nitrogens with one attached hydrogen (secondary N) is 1. The third kappa shape index (κ3) is 0.827. The van der Waals surface area contributed by atoms with Crippen LogP contribution >= 0.6 is 0 Å². The van der Waals surface area contributed by atoms with E-state index in [1.165, 1.54) is 11.1 Å². The van der Waals surface area contributed by atoms with Crippen LogP contribution in [0.15, 0.2) is 18.5 Å². The van der Waals surface area contributed by atoms with Crippen LogP contribution in [0.3, 0.4) is 0 Å². The van der Waals surface area contributed by atoms with Crippen molar-refractivity contribution >= 4 is 11.0 Å². The van der Waals surface area contributed by atoms with Gasteiger partial charge in [-0.1, -0.05) is 12.1 Å². The molecule has 0 amide bonds. The van der Waals surface area contributed by atoms with E-state index in [1.54, 1.807) is 6.33 Å². The van der Waals surface area contributed by atoms with E-state index >= 15 is 0 Å². The molecule has 2 aromatic rings. The molecule has 1 aromatic heterocycles. The lowest BCUT2D eigenvalue weighted by Gasteiger charge is -1.96. The minimum Gasteiger partial charge on any atom is -0.344 e. The highest BCUT2D eigenvalue weighted by atomic mass is 14.9. The van der Waals surface area contributed by atoms with Crippen LogP contribution in [0.25, 0.3) is 11.0 Å². The Balaban J connectivity index is 2.96. The molecule has 11 heavy (non-hydrogen) atoms. The van der Waals surface area contributed by atoms with Crippen LogP contribution in [0, 0.1) is 13.8 Å². The van der Waals surface area contributed by atoms with Gasteiger partial charge in [0.15, 0.2) is 0 Å². The first-order chi connectivity index (χ1) is 5.29. The summed E-state index contributed by atoms with van der Waals surface area (Å²) in [7, 11) is 0. The van der Waals surface area contributed by atoms with Crippen molar-refractivity contribution in [3.63, 3.8) is 0 Å². The summed E-state index contributed by atoms with van der Waals surface area (Å²) in [6.45, 7) is 4.16. The maximum Gasteiger partial charge on any atom is 0.0932 e. The Bertz CT molecular complexity index is 351. The lowest BCUT2D eigenvalue weighted by molar-refractivity contribution is 1.33. The van der Waals surface area contributed by atoms with E-state index in [4.69, 9.17) is 0 Å². The van der Waals surface area contributed by atoms with Gasteiger partial charge in [-0.05, 0) is 25.0 Å². The number of aromatic amines is 1. The van der Waals surface area contributed by atoms with Crippen LogP contribution in [0.1, 0.15) is 11.1 Å². The van der Waals surface area contributed by atoms with Gasteiger partial charge in [0, 0.05) is 0 Å². The molecular formula is C9H10N2. The fraction of sp³-hybridized carbons (Fsp3) is 0.222. The van der Waals surface area contributed by atoms with E-state index in [-0.39, 0.29) is 0 Å². The van der Waals surface area contributed by atoms with E-state index < -0.39 is 0 Å². The highest BCUT2D eigenvalue weighted by molar-refractivity contribution is 5.81. The number of nitrogens with zero attached hydrogens (tertiary/aromatic N) is 1. The monoisotopic (exact) mass is 146 g/mol. The van der Waals surface area contributed by atoms with Crippen molar-refractivity contribution in [2.75, 3.05) is 0 Å². The normalized spacial score (nSPS) is 10.7. The van der Waals surface area contributed by atoms with Crippen molar-refractivity contribution in [1.82, 2.24) is 9.97 Å². The van der Waals surface area contributed by atoms with Crippen LogP contribution in [-0.2, 0) is 0 Å². The predicted octanol–water partition coefficient (Wildman–Crippen LogP) is 2.18. The van der Waals surface area contributed by atoms with Gasteiger partial charge in [-0.15, -0.1) is 0 Å². The SMILES string of the molecule is Cc1ccc(C)c2[nH]cnc12. The lowest BCUT2D eigenvalue weighted by Crippen LogP contribution is -1.79. The molecule has 0 fully saturated rings. The summed E-state index contributed by atoms with van der Waals surface area (Å²) < 4.78 is 0. The average Bonchev–Trinajstić information content (AvgIpc) is 2.45. The number of hydrogen-bond donors (Lipinski definition) is 1. The number of hydrogen-bond acceptors (Lipinski definition) is 1. The number of benzene rings is 1. The standard InChI is InChI=1S/C9H10N2/c1-6-3-4-7(2)9-8(6)10-5-11-9/h3-5H,1-2H3,(H,10,11). The summed E-state index contributed by atoms with van der Waals surface area (Å²) in [6, 6.07) is 4.20. The molecule has 0 radical (unpaired) electrons. The van der Waals surface area contributed by atoms with Gasteiger partial charge in [0.05, 0.1) is 17.4 Å². The first-order valence-corrected chi connectivity index (χ1v) is 3.68. The highest BCUT2D eigenvalue weighted by Crippen LogP contribution is 2.17. The molecule has 0 spiro atoms. The second-order valence-corrected chi connectivity index (χ2v) is 2.83. The third-order valence-electron chi connectivity index (χ3n) is 1.99. The van der Waals surface area contributed by atoms with Crippen LogP contribution in [0.4, 0.5) is 0 Å². The maximum absolute atomic E-state index is 4.22. The molecule has 0 unspecified atom stereocenters. The van der Waals surface area contributed by atoms with E-state index in [1.807, 2.05) is 0 Å². The molecule has 0 bridgehead atoms. The molecule has 1 N–H and O–H groups in total. The fourth-order valence-corrected chi connectivity index (χ4v) is 1.31. The van der Waals surface area contributed by atoms with Gasteiger partial charge in [-0.3, -0.25) is 0 Å². The molecule has 2 heteroatoms. The molecule has 1 heterocycles. The summed E-state index contributed by atoms with van der Waals surface area (Å²) in [4.78, 5) is 7.34. The van der Waals surface area contributed by atoms with Crippen LogP contribution < -0.4 is 0 Å². The van der Waals surface area contributed by atoms with E-state index in [0.29, 0.717) is 0 Å². The topological polar surface area (TPSA) is 28.7 Å². The van der Waals surface area contributed by atoms with Gasteiger partial charge >= 0.3 is 0 Å². The summed E-state index contributed by atoms with van der Waals surface area (Å²) in [5, 5.41) is 0. The first kappa shape index (κ1) is 6.40. The van der Waals surface area contributed by atoms with Crippen LogP contribution in [-0.4, -0.2) is 9.97 Å². The number of aryl methyl sites for hydroxylation is 2. The fourth-order valence-electron chi connectivity index (χ4n) is 1.31. The second kappa shape index (κ2) is 2.09. The Morgan fingerprint density at radius 2 is 1.91 bits per heavy atom. The van der Waals surface area contributed by atoms with Crippen molar-refractivity contribution in [3.05, 3.63) is 29.6 Å². The zero-order valence-corrected chi connectivity index (χ0v) is 6.68. The van der Waals surface area contributed by atoms with E-state index in [2.05, 4.69) is 35.9 Å². The van der Waals surface area contributed by atoms with Crippen molar-refractivity contribution in [1.29, 1.82) is 0 Å². The first-order valence-electron chi connectivity index (χ1n) is 3.68. The highest BCUT2D eigenvalue weighted by Gasteiger charge is 2.00. The molecule has 0 aliphatic heterocycles. The molecule has 0 aliphatic rings. The maximum atomic E-state index is 4.22. The number of fused-ring (bicyclic) bond motifs is 1. The Morgan fingerprint density at radius 3 is 2.64 bits per heavy atom. The minimum atomic E-state index is 1.09. The van der Waals surface area contributed by atoms with Crippen molar-refractivity contribution in [2.24, 2.45) is 0 Å². The van der Waals surface area contributed by atoms with Gasteiger partial charge in [0.25, 0.3) is 0 Å². The van der Waals surface area contributed by atoms with Crippen molar-refractivity contribution < 1.29 is 0 Å². The summed E-state index contributed by atoms with van der Waals surface area (Å²) in [5.41, 5.74) is 4.73. The molecule has 2 nitrogen and oxygen atoms in total. The zero-order valence-electron chi connectivity index (χ0n) is 6.68. The van der Waals surface area contributed by atoms with Crippen molar-refractivity contribution in [2.45, 2.75) is 13.8 Å². The predicted molar refractivity (Wildman–Crippen MR) is 45.6 cm³/mol. The molecule has 0 saturated carbocycles. The van der Waals surface area contributed by atoms with Gasteiger partial charge < -0.3 is 4.98 Å². The quantitative estimate of drug-likeness (QED) is 0.606. The second-order valence-electron chi connectivity index (χ2n) is 2.83. The van der Waals surface area contributed by atoms with Crippen molar-refractivity contribution in [3.8, 4) is 0 Å². The van der Waals surface area contributed by atoms with E-state index in [0.717, 1.165) is 11.0 Å². The Labute approximate surface area is 65.3 Å². The molecular weight excluding hydrogens is 136 g/mol. The zero-order chi connectivity index (χ0) is 7.84. The number of imidazole rings is 1. The number of rotatable bonds is 0. The van der Waals surface area contributed by atoms with Gasteiger partial charge in [0.1, 0.15) is 0 Å². The Hall–Kier alpha value is -1.31.